The molecule has 0 heteroatoms. The number of hydrogen-bond acceptors (Lipinski definition) is 0. The van der Waals surface area contributed by atoms with Crippen LogP contribution < -0.4 is 0 Å². The largest absolute Gasteiger partial charge is 0.0730 e. The molecular formula is C29H42. The lowest BCUT2D eigenvalue weighted by molar-refractivity contribution is 0.294. The summed E-state index contributed by atoms with van der Waals surface area (Å²) in [4.78, 5) is 0. The van der Waals surface area contributed by atoms with Crippen molar-refractivity contribution in [2.75, 3.05) is 0 Å². The molecule has 0 nitrogen and oxygen atoms in total. The normalized spacial score (nSPS) is 27.5. The first-order valence-electron chi connectivity index (χ1n) is 12.6. The van der Waals surface area contributed by atoms with Gasteiger partial charge < -0.3 is 0 Å². The van der Waals surface area contributed by atoms with E-state index in [1.54, 1.807) is 0 Å². The van der Waals surface area contributed by atoms with Gasteiger partial charge >= 0.3 is 0 Å². The van der Waals surface area contributed by atoms with Crippen molar-refractivity contribution in [2.24, 2.45) is 17.8 Å². The maximum Gasteiger partial charge on any atom is 0.0249 e. The summed E-state index contributed by atoms with van der Waals surface area (Å²) >= 11 is 0. The standard InChI is InChI=1S/C29H42/c1-3-5-9-25-16-20-28(21-17-25)29-22-18-27(19-23-29)11-7-6-10-26-14-12-24(8-4-2)13-15-26/h6,10,18-19,22-26,28H,3-5,8-9,12-17,20-21H2,1-2H3/t24-,25-,26-,28-. The zero-order valence-corrected chi connectivity index (χ0v) is 19.0. The van der Waals surface area contributed by atoms with Gasteiger partial charge in [-0.05, 0) is 98.8 Å². The molecule has 158 valence electrons. The minimum atomic E-state index is 0.757. The summed E-state index contributed by atoms with van der Waals surface area (Å²) in [6.45, 7) is 4.62. The van der Waals surface area contributed by atoms with Gasteiger partial charge in [0.1, 0.15) is 0 Å². The van der Waals surface area contributed by atoms with Gasteiger partial charge in [-0.3, -0.25) is 0 Å². The van der Waals surface area contributed by atoms with Crippen LogP contribution in [-0.2, 0) is 0 Å². The van der Waals surface area contributed by atoms with E-state index in [4.69, 9.17) is 0 Å². The second-order valence-electron chi connectivity index (χ2n) is 9.68. The van der Waals surface area contributed by atoms with Crippen LogP contribution in [0.25, 0.3) is 0 Å². The van der Waals surface area contributed by atoms with Gasteiger partial charge in [-0.25, -0.2) is 0 Å². The van der Waals surface area contributed by atoms with Crippen molar-refractivity contribution in [2.45, 2.75) is 103 Å². The molecule has 0 radical (unpaired) electrons. The summed E-state index contributed by atoms with van der Waals surface area (Å²) in [7, 11) is 0. The Bertz CT molecular complexity index is 652. The van der Waals surface area contributed by atoms with Crippen molar-refractivity contribution in [3.8, 4) is 11.8 Å². The topological polar surface area (TPSA) is 0 Å². The van der Waals surface area contributed by atoms with Crippen LogP contribution in [0.15, 0.2) is 36.4 Å². The first-order chi connectivity index (χ1) is 14.3. The SMILES string of the molecule is CCCC[C@H]1CC[C@H](c2ccc(C#CC=C[C@H]3CC[C@H](CCC)CC3)cc2)CC1. The van der Waals surface area contributed by atoms with Gasteiger partial charge in [0.05, 0.1) is 0 Å². The van der Waals surface area contributed by atoms with E-state index in [0.717, 1.165) is 29.2 Å². The molecule has 0 aliphatic heterocycles. The summed E-state index contributed by atoms with van der Waals surface area (Å²) in [5.74, 6) is 10.1. The van der Waals surface area contributed by atoms with Crippen LogP contribution in [0.4, 0.5) is 0 Å². The Balaban J connectivity index is 1.42. The lowest BCUT2D eigenvalue weighted by Crippen LogP contribution is -2.13. The minimum absolute atomic E-state index is 0.757. The molecule has 2 fully saturated rings. The zero-order valence-electron chi connectivity index (χ0n) is 19.0. The van der Waals surface area contributed by atoms with E-state index in [0.29, 0.717) is 0 Å². The molecule has 2 saturated carbocycles. The zero-order chi connectivity index (χ0) is 20.3. The monoisotopic (exact) mass is 390 g/mol. The fraction of sp³-hybridized carbons (Fsp3) is 0.655. The third-order valence-corrected chi connectivity index (χ3v) is 7.45. The average molecular weight is 391 g/mol. The average Bonchev–Trinajstić information content (AvgIpc) is 2.77. The molecule has 0 aromatic heterocycles. The molecule has 0 N–H and O–H groups in total. The predicted molar refractivity (Wildman–Crippen MR) is 127 cm³/mol. The van der Waals surface area contributed by atoms with E-state index >= 15 is 0 Å². The Morgan fingerprint density at radius 2 is 1.45 bits per heavy atom. The maximum atomic E-state index is 3.34. The molecule has 0 heterocycles. The summed E-state index contributed by atoms with van der Waals surface area (Å²) in [6, 6.07) is 9.13. The molecule has 29 heavy (non-hydrogen) atoms. The van der Waals surface area contributed by atoms with Crippen LogP contribution in [0.1, 0.15) is 114 Å². The van der Waals surface area contributed by atoms with Crippen molar-refractivity contribution in [1.29, 1.82) is 0 Å². The van der Waals surface area contributed by atoms with E-state index in [1.807, 2.05) is 0 Å². The molecule has 1 aromatic carbocycles. The van der Waals surface area contributed by atoms with Crippen molar-refractivity contribution < 1.29 is 0 Å². The second kappa shape index (κ2) is 12.3. The van der Waals surface area contributed by atoms with E-state index in [2.05, 4.69) is 62.1 Å². The highest BCUT2D eigenvalue weighted by Gasteiger charge is 2.22. The van der Waals surface area contributed by atoms with Crippen LogP contribution in [0.3, 0.4) is 0 Å². The van der Waals surface area contributed by atoms with Crippen LogP contribution in [0.5, 0.6) is 0 Å². The van der Waals surface area contributed by atoms with Crippen molar-refractivity contribution >= 4 is 0 Å². The molecule has 0 saturated heterocycles. The number of benzene rings is 1. The van der Waals surface area contributed by atoms with E-state index in [1.165, 1.54) is 89.0 Å². The van der Waals surface area contributed by atoms with Crippen molar-refractivity contribution in [1.82, 2.24) is 0 Å². The van der Waals surface area contributed by atoms with Crippen LogP contribution >= 0.6 is 0 Å². The highest BCUT2D eigenvalue weighted by atomic mass is 14.3. The van der Waals surface area contributed by atoms with Gasteiger partial charge in [0.2, 0.25) is 0 Å². The van der Waals surface area contributed by atoms with E-state index in [-0.39, 0.29) is 0 Å². The molecular weight excluding hydrogens is 348 g/mol. The third-order valence-electron chi connectivity index (χ3n) is 7.45. The first kappa shape index (κ1) is 22.2. The molecule has 0 amide bonds. The summed E-state index contributed by atoms with van der Waals surface area (Å²) < 4.78 is 0. The Kier molecular flexibility index (Phi) is 9.40. The Morgan fingerprint density at radius 1 is 0.793 bits per heavy atom. The molecule has 0 spiro atoms. The second-order valence-corrected chi connectivity index (χ2v) is 9.68. The van der Waals surface area contributed by atoms with Gasteiger partial charge in [-0.15, -0.1) is 0 Å². The van der Waals surface area contributed by atoms with Crippen molar-refractivity contribution in [3.05, 3.63) is 47.5 Å². The molecule has 2 aliphatic rings. The maximum absolute atomic E-state index is 3.34. The Hall–Kier alpha value is -1.48. The van der Waals surface area contributed by atoms with Crippen LogP contribution in [-0.4, -0.2) is 0 Å². The van der Waals surface area contributed by atoms with E-state index < -0.39 is 0 Å². The summed E-state index contributed by atoms with van der Waals surface area (Å²) in [5, 5.41) is 0. The van der Waals surface area contributed by atoms with Gasteiger partial charge in [0.25, 0.3) is 0 Å². The van der Waals surface area contributed by atoms with Gasteiger partial charge in [-0.1, -0.05) is 76.0 Å². The number of unbranched alkanes of at least 4 members (excludes halogenated alkanes) is 1. The number of hydrogen-bond donors (Lipinski definition) is 0. The highest BCUT2D eigenvalue weighted by Crippen LogP contribution is 2.37. The molecule has 0 atom stereocenters. The molecule has 1 aromatic rings. The number of rotatable bonds is 7. The molecule has 0 bridgehead atoms. The molecule has 3 rings (SSSR count). The van der Waals surface area contributed by atoms with Crippen LogP contribution in [0.2, 0.25) is 0 Å². The third kappa shape index (κ3) is 7.37. The molecule has 2 aliphatic carbocycles. The lowest BCUT2D eigenvalue weighted by atomic mass is 9.77. The van der Waals surface area contributed by atoms with Gasteiger partial charge in [-0.2, -0.15) is 0 Å². The Morgan fingerprint density at radius 3 is 2.10 bits per heavy atom. The van der Waals surface area contributed by atoms with Crippen LogP contribution in [0, 0.1) is 29.6 Å². The predicted octanol–water partition coefficient (Wildman–Crippen LogP) is 8.66. The smallest absolute Gasteiger partial charge is 0.0249 e. The summed E-state index contributed by atoms with van der Waals surface area (Å²) in [5.41, 5.74) is 2.69. The first-order valence-corrected chi connectivity index (χ1v) is 12.6. The highest BCUT2D eigenvalue weighted by molar-refractivity contribution is 5.39. The number of allylic oxidation sites excluding steroid dienone is 2. The van der Waals surface area contributed by atoms with Gasteiger partial charge in [0, 0.05) is 5.56 Å². The fourth-order valence-electron chi connectivity index (χ4n) is 5.50. The van der Waals surface area contributed by atoms with Crippen molar-refractivity contribution in [3.63, 3.8) is 0 Å². The lowest BCUT2D eigenvalue weighted by Gasteiger charge is -2.28. The van der Waals surface area contributed by atoms with E-state index in [9.17, 15) is 0 Å². The fourth-order valence-corrected chi connectivity index (χ4v) is 5.50. The molecule has 0 unspecified atom stereocenters. The quantitative estimate of drug-likeness (QED) is 0.408. The minimum Gasteiger partial charge on any atom is -0.0730 e. The van der Waals surface area contributed by atoms with Gasteiger partial charge in [0.15, 0.2) is 0 Å². The summed E-state index contributed by atoms with van der Waals surface area (Å²) in [6.07, 6.45) is 22.6. The Labute approximate surface area is 180 Å².